The molecule has 1 aromatic carbocycles. The standard InChI is InChI=1S/C21H25I2N2O4/c1-24(22)17-12-18-15(11-19(17)28-2)21(13-29-18)14-7-3-4-8-16(14)25(20(21)26)10-6-5-9-23-27/h3-4,7-8,11-12,17,19,27H,5-6,9-10,13H2,1-2H3/q-1. The van der Waals surface area contributed by atoms with Gasteiger partial charge in [0.1, 0.15) is 0 Å². The van der Waals surface area contributed by atoms with Crippen molar-refractivity contribution in [2.45, 2.75) is 30.4 Å². The van der Waals surface area contributed by atoms with Crippen LogP contribution in [0.25, 0.3) is 0 Å². The molecule has 2 heterocycles. The monoisotopic (exact) mass is 623 g/mol. The molecule has 1 fully saturated rings. The molecule has 0 saturated carbocycles. The van der Waals surface area contributed by atoms with Gasteiger partial charge in [0.05, 0.1) is 0 Å². The average Bonchev–Trinajstić information content (AvgIpc) is 3.22. The molecule has 1 N–H and O–H groups in total. The van der Waals surface area contributed by atoms with Crippen molar-refractivity contribution in [1.29, 1.82) is 0 Å². The van der Waals surface area contributed by atoms with Gasteiger partial charge in [0, 0.05) is 22.9 Å². The van der Waals surface area contributed by atoms with Crippen molar-refractivity contribution in [2.24, 2.45) is 0 Å². The number of benzene rings is 1. The number of amides is 1. The number of alkyl halides is 1. The number of hydrogen-bond donors (Lipinski definition) is 1. The number of ether oxygens (including phenoxy) is 2. The summed E-state index contributed by atoms with van der Waals surface area (Å²) in [6.45, 7) is 0.994. The molecule has 8 heteroatoms. The van der Waals surface area contributed by atoms with Crippen LogP contribution in [-0.2, 0) is 19.7 Å². The molecule has 1 spiro atoms. The second-order valence-electron chi connectivity index (χ2n) is 7.51. The van der Waals surface area contributed by atoms with Gasteiger partial charge in [-0.2, -0.15) is 0 Å². The van der Waals surface area contributed by atoms with Gasteiger partial charge in [-0.15, -0.1) is 0 Å². The second-order valence-corrected chi connectivity index (χ2v) is 10.8. The second kappa shape index (κ2) is 8.81. The SMILES string of the molecule is COC1C=C2C(=CC1N(C)I)OCC21C(=O)N(CCCC[I-]O)c2ccccc21. The van der Waals surface area contributed by atoms with Crippen LogP contribution in [0.3, 0.4) is 0 Å². The first-order chi connectivity index (χ1) is 14.0. The van der Waals surface area contributed by atoms with Gasteiger partial charge in [0.2, 0.25) is 0 Å². The third-order valence-corrected chi connectivity index (χ3v) is 7.85. The van der Waals surface area contributed by atoms with Crippen LogP contribution in [0.4, 0.5) is 5.69 Å². The van der Waals surface area contributed by atoms with E-state index in [1.54, 1.807) is 7.11 Å². The first kappa shape index (κ1) is 21.5. The van der Waals surface area contributed by atoms with Crippen LogP contribution in [0.2, 0.25) is 0 Å². The topological polar surface area (TPSA) is 62.2 Å². The van der Waals surface area contributed by atoms with E-state index in [2.05, 4.69) is 44.2 Å². The minimum absolute atomic E-state index is 0.0548. The Balaban J connectivity index is 1.73. The Morgan fingerprint density at radius 3 is 2.90 bits per heavy atom. The first-order valence-corrected chi connectivity index (χ1v) is 13.1. The van der Waals surface area contributed by atoms with Gasteiger partial charge >= 0.3 is 167 Å². The summed E-state index contributed by atoms with van der Waals surface area (Å²) in [5.74, 6) is 0.880. The number of unbranched alkanes of at least 4 members (excludes halogenated alkanes) is 1. The molecule has 3 aliphatic rings. The van der Waals surface area contributed by atoms with E-state index in [-0.39, 0.29) is 18.1 Å². The molecule has 1 amide bonds. The van der Waals surface area contributed by atoms with Crippen LogP contribution in [0, 0.1) is 0 Å². The maximum atomic E-state index is 13.8. The van der Waals surface area contributed by atoms with Crippen LogP contribution in [0.1, 0.15) is 18.4 Å². The van der Waals surface area contributed by atoms with Crippen molar-refractivity contribution < 1.29 is 39.3 Å². The Hall–Kier alpha value is -0.690. The quantitative estimate of drug-likeness (QED) is 0.194. The van der Waals surface area contributed by atoms with Gasteiger partial charge < -0.3 is 0 Å². The number of halogens is 2. The number of hydrogen-bond acceptors (Lipinski definition) is 5. The Labute approximate surface area is 196 Å². The zero-order valence-electron chi connectivity index (χ0n) is 16.5. The van der Waals surface area contributed by atoms with Gasteiger partial charge in [-0.25, -0.2) is 0 Å². The van der Waals surface area contributed by atoms with Crippen molar-refractivity contribution >= 4 is 34.5 Å². The van der Waals surface area contributed by atoms with Crippen LogP contribution >= 0.6 is 22.9 Å². The molecule has 0 radical (unpaired) electrons. The van der Waals surface area contributed by atoms with Crippen molar-refractivity contribution in [3.05, 3.63) is 53.3 Å². The van der Waals surface area contributed by atoms with Crippen molar-refractivity contribution in [3.63, 3.8) is 0 Å². The number of carbonyl (C=O) groups is 1. The van der Waals surface area contributed by atoms with Crippen LogP contribution in [0.15, 0.2) is 47.7 Å². The summed E-state index contributed by atoms with van der Waals surface area (Å²) >= 11 is 1.57. The third-order valence-electron chi connectivity index (χ3n) is 5.96. The molecule has 29 heavy (non-hydrogen) atoms. The van der Waals surface area contributed by atoms with E-state index in [0.29, 0.717) is 13.2 Å². The molecule has 158 valence electrons. The number of allylic oxidation sites excluding steroid dienone is 1. The number of rotatable bonds is 7. The van der Waals surface area contributed by atoms with Crippen LogP contribution in [0.5, 0.6) is 0 Å². The Bertz CT molecular complexity index is 857. The van der Waals surface area contributed by atoms with Crippen molar-refractivity contribution in [2.75, 3.05) is 36.6 Å². The first-order valence-electron chi connectivity index (χ1n) is 9.67. The average molecular weight is 623 g/mol. The van der Waals surface area contributed by atoms with Gasteiger partial charge in [-0.3, -0.25) is 0 Å². The number of para-hydroxylation sites is 1. The van der Waals surface area contributed by atoms with Crippen molar-refractivity contribution in [3.8, 4) is 0 Å². The summed E-state index contributed by atoms with van der Waals surface area (Å²) in [5.41, 5.74) is 2.13. The minimum atomic E-state index is -0.794. The molecule has 1 saturated heterocycles. The number of methoxy groups -OCH3 is 1. The van der Waals surface area contributed by atoms with Crippen molar-refractivity contribution in [1.82, 2.24) is 3.11 Å². The van der Waals surface area contributed by atoms with E-state index in [1.807, 2.05) is 30.1 Å². The Morgan fingerprint density at radius 1 is 1.38 bits per heavy atom. The molecule has 0 aromatic heterocycles. The molecule has 0 bridgehead atoms. The zero-order chi connectivity index (χ0) is 20.6. The summed E-state index contributed by atoms with van der Waals surface area (Å²) < 4.78 is 24.0. The number of nitrogens with zero attached hydrogens (tertiary/aromatic N) is 2. The van der Waals surface area contributed by atoms with E-state index < -0.39 is 27.0 Å². The van der Waals surface area contributed by atoms with E-state index >= 15 is 0 Å². The zero-order valence-corrected chi connectivity index (χ0v) is 20.8. The predicted molar refractivity (Wildman–Crippen MR) is 115 cm³/mol. The fourth-order valence-corrected chi connectivity index (χ4v) is 5.87. The van der Waals surface area contributed by atoms with E-state index in [4.69, 9.17) is 12.9 Å². The van der Waals surface area contributed by atoms with E-state index in [0.717, 1.165) is 39.9 Å². The molecular formula is C21H25I2N2O4-. The predicted octanol–water partition coefficient (Wildman–Crippen LogP) is -0.433. The summed E-state index contributed by atoms with van der Waals surface area (Å²) in [7, 11) is 3.71. The summed E-state index contributed by atoms with van der Waals surface area (Å²) in [5, 5.41) is 0. The fourth-order valence-electron chi connectivity index (χ4n) is 4.51. The Kier molecular flexibility index (Phi) is 6.55. The van der Waals surface area contributed by atoms with E-state index in [9.17, 15) is 4.79 Å². The summed E-state index contributed by atoms with van der Waals surface area (Å²) in [6.07, 6.45) is 5.85. The number of likely N-dealkylation sites (N-methyl/N-ethyl adjacent to an activating group) is 1. The maximum absolute atomic E-state index is 13.8. The van der Waals surface area contributed by atoms with Gasteiger partial charge in [0.25, 0.3) is 0 Å². The normalized spacial score (nSPS) is 27.9. The summed E-state index contributed by atoms with van der Waals surface area (Å²) in [6, 6.07) is 8.12. The molecule has 4 rings (SSSR count). The third kappa shape index (κ3) is 3.54. The molecule has 1 aliphatic carbocycles. The Morgan fingerprint density at radius 2 is 2.17 bits per heavy atom. The molecule has 3 unspecified atom stereocenters. The summed E-state index contributed by atoms with van der Waals surface area (Å²) in [4.78, 5) is 15.7. The molecule has 1 aromatic rings. The number of anilines is 1. The van der Waals surface area contributed by atoms with Gasteiger partial charge in [-0.05, 0) is 7.05 Å². The molecule has 2 aliphatic heterocycles. The van der Waals surface area contributed by atoms with Crippen LogP contribution in [-0.4, -0.2) is 56.3 Å². The van der Waals surface area contributed by atoms with E-state index in [1.165, 1.54) is 0 Å². The fraction of sp³-hybridized carbons (Fsp3) is 0.476. The van der Waals surface area contributed by atoms with Gasteiger partial charge in [-0.1, -0.05) is 0 Å². The molecule has 3 atom stereocenters. The molecular weight excluding hydrogens is 598 g/mol. The number of carbonyl (C=O) groups excluding carboxylic acids is 1. The van der Waals surface area contributed by atoms with Crippen LogP contribution < -0.4 is 26.5 Å². The van der Waals surface area contributed by atoms with Gasteiger partial charge in [0.15, 0.2) is 0 Å². The number of fused-ring (bicyclic) bond motifs is 4. The molecule has 6 nitrogen and oxygen atoms in total.